The van der Waals surface area contributed by atoms with Crippen LogP contribution in [0.1, 0.15) is 37.3 Å². The quantitative estimate of drug-likeness (QED) is 0.230. The molecule has 0 fully saturated rings. The number of phenols is 1. The molecule has 3 heterocycles. The third kappa shape index (κ3) is 4.22. The summed E-state index contributed by atoms with van der Waals surface area (Å²) >= 11 is 0. The van der Waals surface area contributed by atoms with Gasteiger partial charge in [-0.25, -0.2) is 0 Å². The van der Waals surface area contributed by atoms with E-state index in [2.05, 4.69) is 0 Å². The van der Waals surface area contributed by atoms with Gasteiger partial charge in [0, 0.05) is 29.0 Å². The van der Waals surface area contributed by atoms with Crippen LogP contribution >= 0.6 is 0 Å². The Morgan fingerprint density at radius 2 is 1.80 bits per heavy atom. The van der Waals surface area contributed by atoms with Crippen LogP contribution in [-0.4, -0.2) is 22.8 Å². The molecule has 40 heavy (non-hydrogen) atoms. The molecule has 1 aliphatic heterocycles. The van der Waals surface area contributed by atoms with Gasteiger partial charge in [-0.2, -0.15) is 0 Å². The minimum atomic E-state index is -0.691. The zero-order valence-corrected chi connectivity index (χ0v) is 22.3. The first-order chi connectivity index (χ1) is 19.2. The summed E-state index contributed by atoms with van der Waals surface area (Å²) in [6.07, 6.45) is 1.29. The van der Waals surface area contributed by atoms with Gasteiger partial charge in [0.05, 0.1) is 30.0 Å². The fourth-order valence-electron chi connectivity index (χ4n) is 5.47. The van der Waals surface area contributed by atoms with Crippen molar-refractivity contribution in [3.8, 4) is 28.4 Å². The molecule has 5 aromatic rings. The third-order valence-corrected chi connectivity index (χ3v) is 7.31. The Morgan fingerprint density at radius 1 is 1.02 bits per heavy atom. The molecule has 1 unspecified atom stereocenters. The van der Waals surface area contributed by atoms with E-state index in [9.17, 15) is 19.5 Å². The van der Waals surface area contributed by atoms with Gasteiger partial charge in [0.25, 0.3) is 5.56 Å². The summed E-state index contributed by atoms with van der Waals surface area (Å²) in [5.41, 5.74) is 2.37. The highest BCUT2D eigenvalue weighted by molar-refractivity contribution is 5.91. The molecule has 1 aliphatic rings. The van der Waals surface area contributed by atoms with Gasteiger partial charge in [0.1, 0.15) is 29.1 Å². The number of rotatable bonds is 5. The Morgan fingerprint density at radius 3 is 2.52 bits per heavy atom. The standard InChI is InChI=1S/C32H27NO7/c1-17(2)15-33-26-10-8-21(38-3)12-19(26)13-24(32(33)37)23-14-28(35)40-27-11-9-22-30(36)25(16-39-31(22)29(23)27)18-4-6-20(34)7-5-18/h4-13,16-17,23,34H,14-15H2,1-3H3. The number of methoxy groups -OCH3 is 1. The van der Waals surface area contributed by atoms with E-state index in [-0.39, 0.29) is 40.4 Å². The molecule has 0 saturated carbocycles. The van der Waals surface area contributed by atoms with E-state index >= 15 is 0 Å². The number of ether oxygens (including phenoxy) is 2. The predicted octanol–water partition coefficient (Wildman–Crippen LogP) is 5.59. The van der Waals surface area contributed by atoms with E-state index < -0.39 is 11.9 Å². The Labute approximate surface area is 229 Å². The van der Waals surface area contributed by atoms with Gasteiger partial charge in [-0.3, -0.25) is 14.4 Å². The lowest BCUT2D eigenvalue weighted by Crippen LogP contribution is -2.31. The molecular weight excluding hydrogens is 510 g/mol. The molecule has 1 N–H and O–H groups in total. The minimum absolute atomic E-state index is 0.0814. The van der Waals surface area contributed by atoms with Crippen LogP contribution in [-0.2, 0) is 11.3 Å². The van der Waals surface area contributed by atoms with Crippen LogP contribution in [0.2, 0.25) is 0 Å². The number of hydrogen-bond acceptors (Lipinski definition) is 7. The van der Waals surface area contributed by atoms with Crippen LogP contribution in [0.15, 0.2) is 80.9 Å². The number of hydrogen-bond donors (Lipinski definition) is 1. The maximum absolute atomic E-state index is 14.0. The van der Waals surface area contributed by atoms with Gasteiger partial charge < -0.3 is 23.6 Å². The van der Waals surface area contributed by atoms with E-state index in [0.717, 1.165) is 10.9 Å². The molecule has 0 saturated heterocycles. The van der Waals surface area contributed by atoms with Crippen molar-refractivity contribution in [2.45, 2.75) is 32.7 Å². The lowest BCUT2D eigenvalue weighted by Gasteiger charge is -2.26. The molecule has 1 atom stereocenters. The molecular formula is C32H27NO7. The maximum atomic E-state index is 14.0. The molecule has 3 aromatic carbocycles. The van der Waals surface area contributed by atoms with Crippen molar-refractivity contribution in [3.63, 3.8) is 0 Å². The summed E-state index contributed by atoms with van der Waals surface area (Å²) in [5.74, 6) is 0.0251. The Bertz CT molecular complexity index is 1920. The SMILES string of the molecule is COc1ccc2c(c1)cc(C1CC(=O)Oc3ccc4c(=O)c(-c5ccc(O)cc5)coc4c31)c(=O)n2CC(C)C. The van der Waals surface area contributed by atoms with E-state index in [0.29, 0.717) is 39.9 Å². The highest BCUT2D eigenvalue weighted by atomic mass is 16.5. The number of pyridine rings is 1. The second kappa shape index (κ2) is 9.72. The summed E-state index contributed by atoms with van der Waals surface area (Å²) in [6.45, 7) is 4.56. The van der Waals surface area contributed by atoms with Crippen molar-refractivity contribution in [2.75, 3.05) is 7.11 Å². The number of carbonyl (C=O) groups excluding carboxylic acids is 1. The summed E-state index contributed by atoms with van der Waals surface area (Å²) < 4.78 is 18.8. The van der Waals surface area contributed by atoms with Crippen molar-refractivity contribution in [1.29, 1.82) is 0 Å². The third-order valence-electron chi connectivity index (χ3n) is 7.31. The zero-order chi connectivity index (χ0) is 28.1. The van der Waals surface area contributed by atoms with Crippen molar-refractivity contribution in [1.82, 2.24) is 4.57 Å². The summed E-state index contributed by atoms with van der Waals surface area (Å²) in [5, 5.41) is 10.7. The van der Waals surface area contributed by atoms with Gasteiger partial charge in [-0.05, 0) is 60.0 Å². The zero-order valence-electron chi connectivity index (χ0n) is 22.3. The molecule has 6 rings (SSSR count). The second-order valence-corrected chi connectivity index (χ2v) is 10.4. The van der Waals surface area contributed by atoms with Gasteiger partial charge in [0.15, 0.2) is 0 Å². The molecule has 202 valence electrons. The van der Waals surface area contributed by atoms with Crippen molar-refractivity contribution < 1.29 is 23.8 Å². The predicted molar refractivity (Wildman–Crippen MR) is 151 cm³/mol. The average molecular weight is 538 g/mol. The highest BCUT2D eigenvalue weighted by Gasteiger charge is 2.34. The first kappa shape index (κ1) is 25.4. The van der Waals surface area contributed by atoms with Crippen LogP contribution in [0.4, 0.5) is 0 Å². The van der Waals surface area contributed by atoms with E-state index in [1.807, 2.05) is 32.0 Å². The lowest BCUT2D eigenvalue weighted by molar-refractivity contribution is -0.135. The van der Waals surface area contributed by atoms with E-state index in [4.69, 9.17) is 13.9 Å². The molecule has 0 spiro atoms. The van der Waals surface area contributed by atoms with Gasteiger partial charge in [0.2, 0.25) is 5.43 Å². The van der Waals surface area contributed by atoms with Gasteiger partial charge in [-0.1, -0.05) is 26.0 Å². The Hall–Kier alpha value is -4.85. The monoisotopic (exact) mass is 537 g/mol. The second-order valence-electron chi connectivity index (χ2n) is 10.4. The van der Waals surface area contributed by atoms with Crippen LogP contribution < -0.4 is 20.5 Å². The van der Waals surface area contributed by atoms with Crippen LogP contribution in [0.25, 0.3) is 33.0 Å². The normalized spacial score (nSPS) is 14.9. The van der Waals surface area contributed by atoms with Gasteiger partial charge in [-0.15, -0.1) is 0 Å². The number of phenolic OH excluding ortho intramolecular Hbond substituents is 1. The first-order valence-corrected chi connectivity index (χ1v) is 13.0. The smallest absolute Gasteiger partial charge is 0.312 e. The number of benzene rings is 3. The van der Waals surface area contributed by atoms with Gasteiger partial charge >= 0.3 is 5.97 Å². The van der Waals surface area contributed by atoms with Crippen LogP contribution in [0.5, 0.6) is 17.2 Å². The molecule has 0 radical (unpaired) electrons. The number of aromatic nitrogens is 1. The number of fused-ring (bicyclic) bond motifs is 4. The van der Waals surface area contributed by atoms with Crippen molar-refractivity contribution in [3.05, 3.63) is 98.6 Å². The first-order valence-electron chi connectivity index (χ1n) is 13.0. The molecule has 0 amide bonds. The number of carbonyl (C=O) groups is 1. The summed E-state index contributed by atoms with van der Waals surface area (Å²) in [6, 6.07) is 16.8. The number of nitrogens with zero attached hydrogens (tertiary/aromatic N) is 1. The minimum Gasteiger partial charge on any atom is -0.508 e. The molecule has 0 bridgehead atoms. The van der Waals surface area contributed by atoms with Crippen molar-refractivity contribution >= 4 is 27.8 Å². The Balaban J connectivity index is 1.61. The Kier molecular flexibility index (Phi) is 6.18. The molecule has 0 aliphatic carbocycles. The summed E-state index contributed by atoms with van der Waals surface area (Å²) in [4.78, 5) is 40.4. The summed E-state index contributed by atoms with van der Waals surface area (Å²) in [7, 11) is 1.58. The van der Waals surface area contributed by atoms with Crippen LogP contribution in [0.3, 0.4) is 0 Å². The van der Waals surface area contributed by atoms with Crippen LogP contribution in [0, 0.1) is 5.92 Å². The molecule has 8 heteroatoms. The number of aromatic hydroxyl groups is 1. The van der Waals surface area contributed by atoms with E-state index in [1.54, 1.807) is 42.0 Å². The average Bonchev–Trinajstić information content (AvgIpc) is 2.94. The fourth-order valence-corrected chi connectivity index (χ4v) is 5.47. The van der Waals surface area contributed by atoms with E-state index in [1.165, 1.54) is 18.4 Å². The molecule has 8 nitrogen and oxygen atoms in total. The molecule has 2 aromatic heterocycles. The topological polar surface area (TPSA) is 108 Å². The maximum Gasteiger partial charge on any atom is 0.312 e. The largest absolute Gasteiger partial charge is 0.508 e. The fraction of sp³-hybridized carbons (Fsp3) is 0.219. The highest BCUT2D eigenvalue weighted by Crippen LogP contribution is 2.42. The van der Waals surface area contributed by atoms with Crippen molar-refractivity contribution in [2.24, 2.45) is 5.92 Å². The number of esters is 1. The lowest BCUT2D eigenvalue weighted by atomic mass is 9.85.